The molecule has 0 radical (unpaired) electrons. The number of rotatable bonds is 0. The van der Waals surface area contributed by atoms with Gasteiger partial charge in [-0.3, -0.25) is 9.59 Å². The van der Waals surface area contributed by atoms with Crippen molar-refractivity contribution >= 4 is 22.3 Å². The van der Waals surface area contributed by atoms with Gasteiger partial charge in [0.25, 0.3) is 0 Å². The zero-order valence-electron chi connectivity index (χ0n) is 12.1. The van der Waals surface area contributed by atoms with Crippen molar-refractivity contribution in [2.45, 2.75) is 12.8 Å². The van der Waals surface area contributed by atoms with E-state index in [9.17, 15) is 9.59 Å². The Balaban J connectivity index is 0.000000202. The minimum absolute atomic E-state index is 0.260. The molecule has 1 heterocycles. The summed E-state index contributed by atoms with van der Waals surface area (Å²) in [6.07, 6.45) is 8.50. The third kappa shape index (κ3) is 2.84. The fourth-order valence-corrected chi connectivity index (χ4v) is 2.64. The lowest BCUT2D eigenvalue weighted by Gasteiger charge is -2.15. The number of hydrogen-bond acceptors (Lipinski definition) is 3. The monoisotopic (exact) mass is 292 g/mol. The number of carbonyl (C=O) groups is 2. The predicted octanol–water partition coefficient (Wildman–Crippen LogP) is 3.62. The molecule has 0 N–H and O–H groups in total. The first-order valence-corrected chi connectivity index (χ1v) is 7.29. The third-order valence-corrected chi connectivity index (χ3v) is 3.73. The van der Waals surface area contributed by atoms with Crippen LogP contribution in [0.2, 0.25) is 0 Å². The maximum Gasteiger partial charge on any atom is 0.229 e. The van der Waals surface area contributed by atoms with E-state index in [2.05, 4.69) is 0 Å². The van der Waals surface area contributed by atoms with Gasteiger partial charge >= 0.3 is 0 Å². The molecule has 1 aliphatic heterocycles. The highest BCUT2D eigenvalue weighted by Crippen LogP contribution is 2.27. The average molecular weight is 292 g/mol. The maximum absolute atomic E-state index is 11.9. The Morgan fingerprint density at radius 1 is 0.909 bits per heavy atom. The minimum Gasteiger partial charge on any atom is -0.497 e. The number of aryl methyl sites for hydroxylation is 1. The van der Waals surface area contributed by atoms with E-state index >= 15 is 0 Å². The van der Waals surface area contributed by atoms with Gasteiger partial charge in [-0.05, 0) is 34.9 Å². The fraction of sp³-hybridized carbons (Fsp3) is 0.158. The van der Waals surface area contributed by atoms with Gasteiger partial charge in [-0.15, -0.1) is 0 Å². The molecule has 0 amide bonds. The zero-order valence-corrected chi connectivity index (χ0v) is 12.1. The highest BCUT2D eigenvalue weighted by atomic mass is 16.5. The topological polar surface area (TPSA) is 43.4 Å². The van der Waals surface area contributed by atoms with Gasteiger partial charge in [0.1, 0.15) is 6.61 Å². The summed E-state index contributed by atoms with van der Waals surface area (Å²) in [5.74, 6) is -0.582. The van der Waals surface area contributed by atoms with Crippen LogP contribution in [-0.4, -0.2) is 18.2 Å². The molecule has 2 aromatic rings. The van der Waals surface area contributed by atoms with Gasteiger partial charge < -0.3 is 4.74 Å². The Kier molecular flexibility index (Phi) is 4.15. The molecule has 0 bridgehead atoms. The molecule has 22 heavy (non-hydrogen) atoms. The van der Waals surface area contributed by atoms with E-state index in [1.54, 1.807) is 6.26 Å². The van der Waals surface area contributed by atoms with Gasteiger partial charge in [-0.25, -0.2) is 0 Å². The SMILES string of the molecule is C1=CCOC=C1.O=C1CCc2ccc3ccccc3c2C1=O. The molecule has 4 rings (SSSR count). The van der Waals surface area contributed by atoms with E-state index in [-0.39, 0.29) is 11.6 Å². The highest BCUT2D eigenvalue weighted by Gasteiger charge is 2.26. The number of allylic oxidation sites excluding steroid dienone is 2. The summed E-state index contributed by atoms with van der Waals surface area (Å²) in [6, 6.07) is 11.7. The molecular weight excluding hydrogens is 276 g/mol. The van der Waals surface area contributed by atoms with E-state index in [0.717, 1.165) is 22.9 Å². The van der Waals surface area contributed by atoms with Crippen molar-refractivity contribution in [3.8, 4) is 0 Å². The molecule has 0 unspecified atom stereocenters. The second-order valence-corrected chi connectivity index (χ2v) is 5.16. The maximum atomic E-state index is 11.9. The number of carbonyl (C=O) groups excluding carboxylic acids is 2. The van der Waals surface area contributed by atoms with Gasteiger partial charge in [0.2, 0.25) is 11.6 Å². The Bertz CT molecular complexity index is 772. The highest BCUT2D eigenvalue weighted by molar-refractivity contribution is 6.47. The van der Waals surface area contributed by atoms with Crippen molar-refractivity contribution in [2.75, 3.05) is 6.61 Å². The van der Waals surface area contributed by atoms with Gasteiger partial charge in [0, 0.05) is 12.0 Å². The molecule has 0 fully saturated rings. The third-order valence-electron chi connectivity index (χ3n) is 3.73. The van der Waals surface area contributed by atoms with E-state index in [1.165, 1.54) is 0 Å². The summed E-state index contributed by atoms with van der Waals surface area (Å²) in [7, 11) is 0. The van der Waals surface area contributed by atoms with Crippen LogP contribution in [0, 0.1) is 0 Å². The summed E-state index contributed by atoms with van der Waals surface area (Å²) in [4.78, 5) is 23.3. The minimum atomic E-state index is -0.321. The summed E-state index contributed by atoms with van der Waals surface area (Å²) in [6.45, 7) is 0.733. The standard InChI is InChI=1S/C14H10O2.C5H6O/c15-12-8-7-10-6-5-9-3-1-2-4-11(9)13(10)14(12)16;1-2-4-6-5-3-1/h1-6H,7-8H2;1-4H,5H2. The number of fused-ring (bicyclic) bond motifs is 3. The van der Waals surface area contributed by atoms with E-state index in [4.69, 9.17) is 4.74 Å². The quantitative estimate of drug-likeness (QED) is 0.696. The molecule has 1 aliphatic carbocycles. The van der Waals surface area contributed by atoms with Crippen molar-refractivity contribution in [3.05, 3.63) is 72.0 Å². The fourth-order valence-electron chi connectivity index (χ4n) is 2.64. The van der Waals surface area contributed by atoms with Gasteiger partial charge in [0.05, 0.1) is 6.26 Å². The smallest absolute Gasteiger partial charge is 0.229 e. The lowest BCUT2D eigenvalue weighted by molar-refractivity contribution is -0.115. The molecule has 3 heteroatoms. The Labute approximate surface area is 128 Å². The summed E-state index contributed by atoms with van der Waals surface area (Å²) < 4.78 is 4.80. The number of Topliss-reactive ketones (excluding diaryl/α,β-unsaturated/α-hetero) is 2. The summed E-state index contributed by atoms with van der Waals surface area (Å²) in [5, 5.41) is 1.92. The number of benzene rings is 2. The van der Waals surface area contributed by atoms with Crippen LogP contribution in [0.5, 0.6) is 0 Å². The second kappa shape index (κ2) is 6.39. The molecule has 110 valence electrons. The largest absolute Gasteiger partial charge is 0.497 e. The molecule has 0 aromatic heterocycles. The zero-order chi connectivity index (χ0) is 15.4. The van der Waals surface area contributed by atoms with Crippen molar-refractivity contribution in [2.24, 2.45) is 0 Å². The lowest BCUT2D eigenvalue weighted by atomic mass is 9.86. The van der Waals surface area contributed by atoms with Crippen LogP contribution in [-0.2, 0) is 16.0 Å². The first-order chi connectivity index (χ1) is 10.8. The van der Waals surface area contributed by atoms with Crippen LogP contribution in [0.1, 0.15) is 22.3 Å². The van der Waals surface area contributed by atoms with Gasteiger partial charge in [-0.2, -0.15) is 0 Å². The molecule has 2 aliphatic rings. The normalized spacial score (nSPS) is 15.8. The van der Waals surface area contributed by atoms with Crippen molar-refractivity contribution in [3.63, 3.8) is 0 Å². The summed E-state index contributed by atoms with van der Waals surface area (Å²) >= 11 is 0. The Morgan fingerprint density at radius 2 is 1.77 bits per heavy atom. The Hall–Kier alpha value is -2.68. The van der Waals surface area contributed by atoms with Crippen LogP contribution >= 0.6 is 0 Å². The molecular formula is C19H16O3. The lowest BCUT2D eigenvalue weighted by Crippen LogP contribution is -2.22. The van der Waals surface area contributed by atoms with E-state index < -0.39 is 0 Å². The summed E-state index contributed by atoms with van der Waals surface area (Å²) in [5.41, 5.74) is 1.62. The van der Waals surface area contributed by atoms with Crippen LogP contribution in [0.25, 0.3) is 10.8 Å². The molecule has 0 saturated heterocycles. The van der Waals surface area contributed by atoms with Crippen LogP contribution in [0.15, 0.2) is 60.9 Å². The number of ether oxygens (including phenoxy) is 1. The van der Waals surface area contributed by atoms with E-state index in [0.29, 0.717) is 18.4 Å². The van der Waals surface area contributed by atoms with Crippen molar-refractivity contribution < 1.29 is 14.3 Å². The number of hydrogen-bond donors (Lipinski definition) is 0. The first kappa shape index (κ1) is 14.3. The van der Waals surface area contributed by atoms with Crippen molar-refractivity contribution in [1.82, 2.24) is 0 Å². The first-order valence-electron chi connectivity index (χ1n) is 7.29. The van der Waals surface area contributed by atoms with E-state index in [1.807, 2.05) is 54.6 Å². The predicted molar refractivity (Wildman–Crippen MR) is 85.8 cm³/mol. The number of ketones is 2. The van der Waals surface area contributed by atoms with Crippen LogP contribution in [0.4, 0.5) is 0 Å². The molecule has 2 aromatic carbocycles. The molecule has 3 nitrogen and oxygen atoms in total. The van der Waals surface area contributed by atoms with Crippen molar-refractivity contribution in [1.29, 1.82) is 0 Å². The van der Waals surface area contributed by atoms with Crippen LogP contribution < -0.4 is 0 Å². The van der Waals surface area contributed by atoms with Crippen LogP contribution in [0.3, 0.4) is 0 Å². The Morgan fingerprint density at radius 3 is 2.45 bits per heavy atom. The molecule has 0 atom stereocenters. The second-order valence-electron chi connectivity index (χ2n) is 5.16. The molecule has 0 saturated carbocycles. The van der Waals surface area contributed by atoms with Gasteiger partial charge in [0.15, 0.2) is 0 Å². The van der Waals surface area contributed by atoms with Gasteiger partial charge in [-0.1, -0.05) is 42.5 Å². The molecule has 0 spiro atoms. The average Bonchev–Trinajstić information content (AvgIpc) is 2.60.